The first-order valence-electron chi connectivity index (χ1n) is 12.7. The first kappa shape index (κ1) is 25.0. The zero-order valence-electron chi connectivity index (χ0n) is 21.4. The standard InChI is InChI=1S/C27H36N4O5/c1-33-11-12-36-10-9-31-24-13-20-19-6-4-5-18-7-8-22(30-28-15-18)25(19)29-23(20)14-21(24)27(16-34-2,17-35-3)26(31)32/h13-15,28-29H,4-12,16-17H2,1-3H3. The van der Waals surface area contributed by atoms with Crippen LogP contribution < -0.4 is 10.3 Å². The lowest BCUT2D eigenvalue weighted by atomic mass is 9.82. The number of aryl methyl sites for hydroxylation is 1. The SMILES string of the molecule is COCCOCCN1C(=O)C(COC)(COC)c2cc3[nH]c4c(c3cc21)CCCC1=CNN=C4CC1. The van der Waals surface area contributed by atoms with E-state index in [9.17, 15) is 4.79 Å². The fourth-order valence-corrected chi connectivity index (χ4v) is 5.80. The van der Waals surface area contributed by atoms with Crippen LogP contribution in [0.4, 0.5) is 5.69 Å². The predicted molar refractivity (Wildman–Crippen MR) is 139 cm³/mol. The van der Waals surface area contributed by atoms with Gasteiger partial charge in [0.05, 0.1) is 44.4 Å². The highest BCUT2D eigenvalue weighted by Crippen LogP contribution is 2.45. The molecule has 1 aliphatic carbocycles. The Balaban J connectivity index is 1.60. The van der Waals surface area contributed by atoms with E-state index in [2.05, 4.69) is 33.8 Å². The number of anilines is 1. The van der Waals surface area contributed by atoms with E-state index in [-0.39, 0.29) is 19.1 Å². The van der Waals surface area contributed by atoms with Gasteiger partial charge in [-0.3, -0.25) is 10.2 Å². The molecule has 194 valence electrons. The van der Waals surface area contributed by atoms with E-state index in [0.717, 1.165) is 65.7 Å². The summed E-state index contributed by atoms with van der Waals surface area (Å²) in [5.74, 6) is -0.0143. The number of nitrogens with one attached hydrogen (secondary N) is 2. The Hall–Kier alpha value is -2.72. The largest absolute Gasteiger partial charge is 0.383 e. The summed E-state index contributed by atoms with van der Waals surface area (Å²) in [6, 6.07) is 4.30. The van der Waals surface area contributed by atoms with Crippen LogP contribution in [0.3, 0.4) is 0 Å². The van der Waals surface area contributed by atoms with Crippen molar-refractivity contribution in [3.8, 4) is 0 Å². The van der Waals surface area contributed by atoms with Crippen LogP contribution in [0.5, 0.6) is 0 Å². The summed E-state index contributed by atoms with van der Waals surface area (Å²) in [6.45, 7) is 2.37. The molecule has 1 aromatic heterocycles. The average molecular weight is 497 g/mol. The number of amides is 1. The average Bonchev–Trinajstić information content (AvgIpc) is 3.22. The lowest BCUT2D eigenvalue weighted by Gasteiger charge is -2.27. The number of rotatable bonds is 10. The third-order valence-corrected chi connectivity index (χ3v) is 7.52. The minimum absolute atomic E-state index is 0.0143. The molecule has 9 heteroatoms. The van der Waals surface area contributed by atoms with Gasteiger partial charge in [0.25, 0.3) is 0 Å². The van der Waals surface area contributed by atoms with E-state index in [0.29, 0.717) is 26.4 Å². The lowest BCUT2D eigenvalue weighted by molar-refractivity contribution is -0.127. The van der Waals surface area contributed by atoms with Gasteiger partial charge in [-0.25, -0.2) is 0 Å². The van der Waals surface area contributed by atoms with E-state index >= 15 is 0 Å². The molecule has 36 heavy (non-hydrogen) atoms. The maximum atomic E-state index is 13.9. The molecular formula is C27H36N4O5. The summed E-state index contributed by atoms with van der Waals surface area (Å²) in [7, 11) is 4.90. The maximum Gasteiger partial charge on any atom is 0.242 e. The molecule has 1 aromatic carbocycles. The van der Waals surface area contributed by atoms with Crippen molar-refractivity contribution in [2.75, 3.05) is 65.8 Å². The van der Waals surface area contributed by atoms with E-state index in [1.54, 1.807) is 21.3 Å². The molecule has 2 aliphatic heterocycles. The molecule has 1 amide bonds. The first-order valence-corrected chi connectivity index (χ1v) is 12.7. The Morgan fingerprint density at radius 3 is 2.61 bits per heavy atom. The van der Waals surface area contributed by atoms with E-state index in [1.807, 2.05) is 4.90 Å². The number of H-pyrrole nitrogens is 1. The molecule has 0 spiro atoms. The molecule has 2 N–H and O–H groups in total. The summed E-state index contributed by atoms with van der Waals surface area (Å²) in [5, 5.41) is 5.81. The minimum Gasteiger partial charge on any atom is -0.383 e. The second-order valence-corrected chi connectivity index (χ2v) is 9.75. The van der Waals surface area contributed by atoms with Gasteiger partial charge in [0.15, 0.2) is 0 Å². The van der Waals surface area contributed by atoms with Gasteiger partial charge in [0.1, 0.15) is 5.41 Å². The normalized spacial score (nSPS) is 18.6. The van der Waals surface area contributed by atoms with Gasteiger partial charge in [-0.2, -0.15) is 5.10 Å². The number of aromatic nitrogens is 1. The van der Waals surface area contributed by atoms with Crippen molar-refractivity contribution in [1.29, 1.82) is 0 Å². The monoisotopic (exact) mass is 496 g/mol. The van der Waals surface area contributed by atoms with Gasteiger partial charge in [-0.15, -0.1) is 0 Å². The van der Waals surface area contributed by atoms with Crippen molar-refractivity contribution in [3.05, 3.63) is 40.7 Å². The van der Waals surface area contributed by atoms with Crippen molar-refractivity contribution in [3.63, 3.8) is 0 Å². The molecule has 0 saturated heterocycles. The molecule has 2 bridgehead atoms. The number of allylic oxidation sites excluding steroid dienone is 1. The molecule has 3 heterocycles. The smallest absolute Gasteiger partial charge is 0.242 e. The number of nitrogens with zero attached hydrogens (tertiary/aromatic N) is 2. The Morgan fingerprint density at radius 1 is 1.00 bits per heavy atom. The number of carbonyl (C=O) groups excluding carboxylic acids is 1. The van der Waals surface area contributed by atoms with Crippen molar-refractivity contribution in [1.82, 2.24) is 10.4 Å². The summed E-state index contributed by atoms with van der Waals surface area (Å²) in [5.41, 5.74) is 9.92. The maximum absolute atomic E-state index is 13.9. The highest BCUT2D eigenvalue weighted by atomic mass is 16.5. The molecule has 0 fully saturated rings. The van der Waals surface area contributed by atoms with Crippen molar-refractivity contribution in [2.45, 2.75) is 37.5 Å². The summed E-state index contributed by atoms with van der Waals surface area (Å²) >= 11 is 0. The van der Waals surface area contributed by atoms with Crippen LogP contribution in [-0.4, -0.2) is 77.5 Å². The van der Waals surface area contributed by atoms with E-state index in [4.69, 9.17) is 18.9 Å². The highest BCUT2D eigenvalue weighted by Gasteiger charge is 2.51. The number of fused-ring (bicyclic) bond motifs is 8. The number of methoxy groups -OCH3 is 3. The van der Waals surface area contributed by atoms with Crippen LogP contribution in [0.25, 0.3) is 10.9 Å². The Morgan fingerprint density at radius 2 is 1.83 bits per heavy atom. The van der Waals surface area contributed by atoms with Gasteiger partial charge >= 0.3 is 0 Å². The molecule has 3 aliphatic rings. The van der Waals surface area contributed by atoms with Gasteiger partial charge in [0.2, 0.25) is 5.91 Å². The second-order valence-electron chi connectivity index (χ2n) is 9.75. The van der Waals surface area contributed by atoms with Crippen LogP contribution >= 0.6 is 0 Å². The number of carbonyl (C=O) groups is 1. The molecular weight excluding hydrogens is 460 g/mol. The van der Waals surface area contributed by atoms with Crippen LogP contribution in [0, 0.1) is 0 Å². The molecule has 0 radical (unpaired) electrons. The Kier molecular flexibility index (Phi) is 7.43. The molecule has 5 rings (SSSR count). The van der Waals surface area contributed by atoms with Crippen LogP contribution in [-0.2, 0) is 35.6 Å². The number of ether oxygens (including phenoxy) is 4. The molecule has 2 aromatic rings. The quantitative estimate of drug-likeness (QED) is 0.491. The Bertz CT molecular complexity index is 1180. The second kappa shape index (κ2) is 10.7. The molecule has 0 atom stereocenters. The van der Waals surface area contributed by atoms with Crippen LogP contribution in [0.1, 0.15) is 42.5 Å². The topological polar surface area (TPSA) is 97.4 Å². The van der Waals surface area contributed by atoms with Crippen molar-refractivity contribution < 1.29 is 23.7 Å². The van der Waals surface area contributed by atoms with Gasteiger partial charge in [0, 0.05) is 50.7 Å². The number of benzene rings is 1. The molecule has 0 saturated carbocycles. The van der Waals surface area contributed by atoms with E-state index in [1.165, 1.54) is 11.1 Å². The number of hydrazone groups is 1. The fourth-order valence-electron chi connectivity index (χ4n) is 5.80. The van der Waals surface area contributed by atoms with Crippen molar-refractivity contribution in [2.24, 2.45) is 5.10 Å². The van der Waals surface area contributed by atoms with Gasteiger partial charge in [-0.1, -0.05) is 5.57 Å². The van der Waals surface area contributed by atoms with Gasteiger partial charge in [-0.05, 0) is 55.4 Å². The van der Waals surface area contributed by atoms with E-state index < -0.39 is 5.41 Å². The highest BCUT2D eigenvalue weighted by molar-refractivity contribution is 6.12. The van der Waals surface area contributed by atoms with Crippen LogP contribution in [0.15, 0.2) is 29.0 Å². The third kappa shape index (κ3) is 4.34. The zero-order valence-corrected chi connectivity index (χ0v) is 21.4. The lowest BCUT2D eigenvalue weighted by Crippen LogP contribution is -2.47. The number of hydrogen-bond donors (Lipinski definition) is 2. The van der Waals surface area contributed by atoms with Gasteiger partial charge < -0.3 is 28.8 Å². The van der Waals surface area contributed by atoms with Crippen molar-refractivity contribution >= 4 is 28.2 Å². The minimum atomic E-state index is -0.906. The fraction of sp³-hybridized carbons (Fsp3) is 0.556. The number of hydrogen-bond acceptors (Lipinski definition) is 7. The third-order valence-electron chi connectivity index (χ3n) is 7.52. The first-order chi connectivity index (χ1) is 17.6. The molecule has 0 unspecified atom stereocenters. The Labute approximate surface area is 211 Å². The number of aromatic amines is 1. The van der Waals surface area contributed by atoms with Crippen LogP contribution in [0.2, 0.25) is 0 Å². The predicted octanol–water partition coefficient (Wildman–Crippen LogP) is 3.02. The zero-order chi connectivity index (χ0) is 25.1. The summed E-state index contributed by atoms with van der Waals surface area (Å²) in [4.78, 5) is 19.4. The summed E-state index contributed by atoms with van der Waals surface area (Å²) in [6.07, 6.45) is 7.07. The summed E-state index contributed by atoms with van der Waals surface area (Å²) < 4.78 is 22.0. The molecule has 9 nitrogen and oxygen atoms in total.